The number of carbonyl (C=O) groups is 1. The maximum absolute atomic E-state index is 12.8. The summed E-state index contributed by atoms with van der Waals surface area (Å²) < 4.78 is 14.5. The summed E-state index contributed by atoms with van der Waals surface area (Å²) in [7, 11) is 2.92. The molecule has 1 heterocycles. The Bertz CT molecular complexity index is 566. The fourth-order valence-corrected chi connectivity index (χ4v) is 1.65. The lowest BCUT2D eigenvalue weighted by Crippen LogP contribution is -2.28. The number of amides is 1. The molecule has 0 radical (unpaired) electrons. The van der Waals surface area contributed by atoms with Gasteiger partial charge in [-0.3, -0.25) is 9.63 Å². The molecule has 0 bridgehead atoms. The molecule has 0 saturated heterocycles. The average molecular weight is 263 g/mol. The molecule has 0 atom stereocenters. The number of hydrogen-bond acceptors (Lipinski definition) is 3. The number of hydrogen-bond donors (Lipinski definition) is 0. The highest BCUT2D eigenvalue weighted by Gasteiger charge is 2.17. The van der Waals surface area contributed by atoms with E-state index in [0.29, 0.717) is 6.54 Å². The molecule has 6 heteroatoms. The van der Waals surface area contributed by atoms with Gasteiger partial charge in [-0.2, -0.15) is 0 Å². The molecule has 0 N–H and O–H groups in total. The molecule has 0 fully saturated rings. The summed E-state index contributed by atoms with van der Waals surface area (Å²) in [6.07, 6.45) is 3.24. The van der Waals surface area contributed by atoms with Gasteiger partial charge in [0.15, 0.2) is 0 Å². The highest BCUT2D eigenvalue weighted by molar-refractivity contribution is 5.89. The van der Waals surface area contributed by atoms with Crippen molar-refractivity contribution in [1.82, 2.24) is 14.6 Å². The lowest BCUT2D eigenvalue weighted by atomic mass is 10.2. The van der Waals surface area contributed by atoms with Crippen molar-refractivity contribution in [2.45, 2.75) is 6.54 Å². The number of carbonyl (C=O) groups excluding carboxylic acids is 1. The van der Waals surface area contributed by atoms with Gasteiger partial charge < -0.3 is 4.57 Å². The molecule has 2 aromatic rings. The first-order chi connectivity index (χ1) is 9.11. The Morgan fingerprint density at radius 1 is 1.42 bits per heavy atom. The number of hydroxylamine groups is 2. The Morgan fingerprint density at radius 2 is 2.11 bits per heavy atom. The fourth-order valence-electron chi connectivity index (χ4n) is 1.65. The standard InChI is InChI=1S/C13H14FN3O2/c1-16(19-2)13(18)12-15-7-8-17(12)9-10-3-5-11(14)6-4-10/h3-8H,9H2,1-2H3. The molecule has 1 aromatic heterocycles. The van der Waals surface area contributed by atoms with E-state index in [2.05, 4.69) is 4.98 Å². The van der Waals surface area contributed by atoms with Crippen molar-refractivity contribution in [3.8, 4) is 0 Å². The topological polar surface area (TPSA) is 47.4 Å². The van der Waals surface area contributed by atoms with Crippen LogP contribution in [0.4, 0.5) is 4.39 Å². The number of aromatic nitrogens is 2. The largest absolute Gasteiger partial charge is 0.322 e. The van der Waals surface area contributed by atoms with Gasteiger partial charge in [0.1, 0.15) is 5.82 Å². The van der Waals surface area contributed by atoms with Crippen molar-refractivity contribution in [1.29, 1.82) is 0 Å². The van der Waals surface area contributed by atoms with Crippen molar-refractivity contribution in [2.75, 3.05) is 14.2 Å². The van der Waals surface area contributed by atoms with E-state index < -0.39 is 0 Å². The van der Waals surface area contributed by atoms with Gasteiger partial charge >= 0.3 is 5.91 Å². The normalized spacial score (nSPS) is 10.5. The lowest BCUT2D eigenvalue weighted by Gasteiger charge is -2.14. The number of rotatable bonds is 4. The van der Waals surface area contributed by atoms with E-state index >= 15 is 0 Å². The molecule has 0 unspecified atom stereocenters. The first kappa shape index (κ1) is 13.2. The van der Waals surface area contributed by atoms with Crippen LogP contribution in [-0.2, 0) is 11.4 Å². The number of imidazole rings is 1. The Kier molecular flexibility index (Phi) is 3.91. The van der Waals surface area contributed by atoms with Crippen LogP contribution in [0.2, 0.25) is 0 Å². The van der Waals surface area contributed by atoms with Crippen LogP contribution < -0.4 is 0 Å². The van der Waals surface area contributed by atoms with Crippen LogP contribution in [0.25, 0.3) is 0 Å². The number of benzene rings is 1. The monoisotopic (exact) mass is 263 g/mol. The van der Waals surface area contributed by atoms with Crippen LogP contribution in [0.3, 0.4) is 0 Å². The van der Waals surface area contributed by atoms with Crippen LogP contribution >= 0.6 is 0 Å². The second-order valence-electron chi connectivity index (χ2n) is 3.99. The van der Waals surface area contributed by atoms with Crippen LogP contribution in [0.15, 0.2) is 36.7 Å². The first-order valence-corrected chi connectivity index (χ1v) is 5.69. The quantitative estimate of drug-likeness (QED) is 0.789. The minimum atomic E-state index is -0.338. The van der Waals surface area contributed by atoms with Crippen LogP contribution in [0.5, 0.6) is 0 Å². The van der Waals surface area contributed by atoms with E-state index in [-0.39, 0.29) is 17.5 Å². The molecule has 1 aromatic carbocycles. The van der Waals surface area contributed by atoms with Crippen LogP contribution in [0, 0.1) is 5.82 Å². The third-order valence-corrected chi connectivity index (χ3v) is 2.73. The molecule has 0 spiro atoms. The van der Waals surface area contributed by atoms with E-state index in [0.717, 1.165) is 10.6 Å². The zero-order chi connectivity index (χ0) is 13.8. The van der Waals surface area contributed by atoms with Crippen molar-refractivity contribution in [3.63, 3.8) is 0 Å². The molecule has 1 amide bonds. The van der Waals surface area contributed by atoms with Crippen molar-refractivity contribution in [2.24, 2.45) is 0 Å². The van der Waals surface area contributed by atoms with Gasteiger partial charge in [0.05, 0.1) is 7.11 Å². The second kappa shape index (κ2) is 5.62. The zero-order valence-corrected chi connectivity index (χ0v) is 10.7. The van der Waals surface area contributed by atoms with E-state index in [9.17, 15) is 9.18 Å². The second-order valence-corrected chi connectivity index (χ2v) is 3.99. The predicted octanol–water partition coefficient (Wildman–Crippen LogP) is 1.70. The smallest absolute Gasteiger partial charge is 0.313 e. The van der Waals surface area contributed by atoms with Gasteiger partial charge in [0.25, 0.3) is 0 Å². The highest BCUT2D eigenvalue weighted by Crippen LogP contribution is 2.08. The van der Waals surface area contributed by atoms with Gasteiger partial charge in [-0.05, 0) is 17.7 Å². The fraction of sp³-hybridized carbons (Fsp3) is 0.231. The molecular weight excluding hydrogens is 249 g/mol. The maximum Gasteiger partial charge on any atom is 0.313 e. The van der Waals surface area contributed by atoms with Gasteiger partial charge in [0.2, 0.25) is 5.82 Å². The van der Waals surface area contributed by atoms with Crippen molar-refractivity contribution >= 4 is 5.91 Å². The van der Waals surface area contributed by atoms with Crippen LogP contribution in [0.1, 0.15) is 16.2 Å². The van der Waals surface area contributed by atoms with Crippen molar-refractivity contribution < 1.29 is 14.0 Å². The van der Waals surface area contributed by atoms with E-state index in [1.807, 2.05) is 0 Å². The van der Waals surface area contributed by atoms with Crippen LogP contribution in [-0.4, -0.2) is 34.7 Å². The third kappa shape index (κ3) is 2.97. The van der Waals surface area contributed by atoms with E-state index in [1.54, 1.807) is 29.1 Å². The summed E-state index contributed by atoms with van der Waals surface area (Å²) in [5, 5.41) is 1.10. The Morgan fingerprint density at radius 3 is 2.74 bits per heavy atom. The minimum absolute atomic E-state index is 0.272. The maximum atomic E-state index is 12.8. The molecule has 5 nitrogen and oxygen atoms in total. The molecule has 0 aliphatic carbocycles. The zero-order valence-electron chi connectivity index (χ0n) is 10.7. The molecular formula is C13H14FN3O2. The van der Waals surface area contributed by atoms with Gasteiger partial charge in [-0.15, -0.1) is 0 Å². The molecule has 100 valence electrons. The summed E-state index contributed by atoms with van der Waals surface area (Å²) in [5.74, 6) is -0.354. The summed E-state index contributed by atoms with van der Waals surface area (Å²) >= 11 is 0. The third-order valence-electron chi connectivity index (χ3n) is 2.73. The Labute approximate surface area is 110 Å². The van der Waals surface area contributed by atoms with Gasteiger partial charge in [-0.1, -0.05) is 12.1 Å². The molecule has 2 rings (SSSR count). The number of nitrogens with zero attached hydrogens (tertiary/aromatic N) is 3. The highest BCUT2D eigenvalue weighted by atomic mass is 19.1. The van der Waals surface area contributed by atoms with Gasteiger partial charge in [0, 0.05) is 26.0 Å². The molecule has 0 saturated carbocycles. The van der Waals surface area contributed by atoms with E-state index in [1.165, 1.54) is 26.3 Å². The SMILES string of the molecule is CON(C)C(=O)c1nccn1Cc1ccc(F)cc1. The predicted molar refractivity (Wildman–Crippen MR) is 66.8 cm³/mol. The van der Waals surface area contributed by atoms with Crippen molar-refractivity contribution in [3.05, 3.63) is 53.9 Å². The minimum Gasteiger partial charge on any atom is -0.322 e. The summed E-state index contributed by atoms with van der Waals surface area (Å²) in [4.78, 5) is 20.8. The first-order valence-electron chi connectivity index (χ1n) is 5.69. The summed E-state index contributed by atoms with van der Waals surface area (Å²) in [6.45, 7) is 0.443. The average Bonchev–Trinajstić information content (AvgIpc) is 2.87. The molecule has 0 aliphatic rings. The number of halogens is 1. The molecule has 0 aliphatic heterocycles. The van der Waals surface area contributed by atoms with E-state index in [4.69, 9.17) is 4.84 Å². The molecule has 19 heavy (non-hydrogen) atoms. The summed E-state index contributed by atoms with van der Waals surface area (Å²) in [6, 6.07) is 6.11. The Balaban J connectivity index is 2.20. The van der Waals surface area contributed by atoms with Gasteiger partial charge in [-0.25, -0.2) is 14.4 Å². The Hall–Kier alpha value is -2.21. The lowest BCUT2D eigenvalue weighted by molar-refractivity contribution is -0.0766. The summed E-state index contributed by atoms with van der Waals surface area (Å²) in [5.41, 5.74) is 0.883.